The maximum absolute atomic E-state index is 11.8. The molecule has 1 unspecified atom stereocenters. The van der Waals surface area contributed by atoms with Gasteiger partial charge in [0.1, 0.15) is 0 Å². The largest absolute Gasteiger partial charge is 0.481 e. The normalized spacial score (nSPS) is 13.6. The van der Waals surface area contributed by atoms with E-state index in [9.17, 15) is 14.7 Å². The van der Waals surface area contributed by atoms with Crippen LogP contribution in [-0.2, 0) is 4.79 Å². The van der Waals surface area contributed by atoms with E-state index in [4.69, 9.17) is 14.0 Å². The Bertz CT molecular complexity index is 629. The maximum Gasteiger partial charge on any atom is 0.306 e. The summed E-state index contributed by atoms with van der Waals surface area (Å²) in [7, 11) is 0. The molecule has 112 valence electrons. The van der Waals surface area contributed by atoms with Gasteiger partial charge in [-0.15, -0.1) is 0 Å². The van der Waals surface area contributed by atoms with E-state index in [0.29, 0.717) is 11.5 Å². The topological polar surface area (TPSA) is 126 Å². The predicted molar refractivity (Wildman–Crippen MR) is 69.4 cm³/mol. The first-order valence-electron chi connectivity index (χ1n) is 6.10. The molecule has 0 bridgehead atoms. The van der Waals surface area contributed by atoms with Crippen molar-refractivity contribution in [1.82, 2.24) is 10.5 Å². The molecule has 3 N–H and O–H groups in total. The van der Waals surface area contributed by atoms with Crippen LogP contribution in [0.5, 0.6) is 0 Å². The van der Waals surface area contributed by atoms with Gasteiger partial charge in [0.2, 0.25) is 5.76 Å². The van der Waals surface area contributed by atoms with Gasteiger partial charge < -0.3 is 24.5 Å². The van der Waals surface area contributed by atoms with Crippen molar-refractivity contribution < 1.29 is 28.7 Å². The second-order valence-corrected chi connectivity index (χ2v) is 4.80. The summed E-state index contributed by atoms with van der Waals surface area (Å²) in [6.07, 6.45) is 0.977. The number of rotatable bonds is 6. The molecule has 0 aliphatic rings. The quantitative estimate of drug-likeness (QED) is 0.722. The van der Waals surface area contributed by atoms with Gasteiger partial charge >= 0.3 is 5.97 Å². The number of hydrogen-bond donors (Lipinski definition) is 3. The monoisotopic (exact) mass is 294 g/mol. The number of aliphatic hydroxyl groups is 1. The molecule has 8 heteroatoms. The van der Waals surface area contributed by atoms with Crippen molar-refractivity contribution in [2.45, 2.75) is 18.9 Å². The Balaban J connectivity index is 1.97. The summed E-state index contributed by atoms with van der Waals surface area (Å²) >= 11 is 0. The molecule has 0 radical (unpaired) electrons. The zero-order valence-corrected chi connectivity index (χ0v) is 11.2. The zero-order valence-electron chi connectivity index (χ0n) is 11.2. The first-order chi connectivity index (χ1) is 9.87. The van der Waals surface area contributed by atoms with Gasteiger partial charge in [0.15, 0.2) is 11.5 Å². The lowest BCUT2D eigenvalue weighted by Crippen LogP contribution is -2.42. The van der Waals surface area contributed by atoms with Crippen LogP contribution in [0, 0.1) is 0 Å². The molecule has 8 nitrogen and oxygen atoms in total. The lowest BCUT2D eigenvalue weighted by Gasteiger charge is -2.20. The van der Waals surface area contributed by atoms with Crippen LogP contribution in [0.4, 0.5) is 0 Å². The van der Waals surface area contributed by atoms with Crippen LogP contribution >= 0.6 is 0 Å². The number of amides is 1. The van der Waals surface area contributed by atoms with E-state index in [1.54, 1.807) is 12.1 Å². The Morgan fingerprint density at radius 1 is 1.43 bits per heavy atom. The number of aliphatic carboxylic acids is 1. The van der Waals surface area contributed by atoms with Crippen LogP contribution < -0.4 is 5.32 Å². The van der Waals surface area contributed by atoms with Gasteiger partial charge in [-0.2, -0.15) is 0 Å². The van der Waals surface area contributed by atoms with Gasteiger partial charge in [0.05, 0.1) is 18.3 Å². The van der Waals surface area contributed by atoms with Crippen LogP contribution in [-0.4, -0.2) is 39.4 Å². The Hall–Kier alpha value is -2.61. The molecule has 0 saturated heterocycles. The summed E-state index contributed by atoms with van der Waals surface area (Å²) in [5, 5.41) is 24.4. The summed E-state index contributed by atoms with van der Waals surface area (Å²) in [6.45, 7) is 1.10. The van der Waals surface area contributed by atoms with E-state index >= 15 is 0 Å². The molecule has 2 aromatic rings. The highest BCUT2D eigenvalue weighted by Gasteiger charge is 2.25. The van der Waals surface area contributed by atoms with Crippen molar-refractivity contribution in [2.75, 3.05) is 6.54 Å². The number of carbonyl (C=O) groups is 2. The van der Waals surface area contributed by atoms with Gasteiger partial charge in [0.25, 0.3) is 5.91 Å². The molecule has 0 saturated carbocycles. The minimum Gasteiger partial charge on any atom is -0.481 e. The number of hydrogen-bond acceptors (Lipinski definition) is 6. The molecule has 2 heterocycles. The lowest BCUT2D eigenvalue weighted by atomic mass is 10.0. The van der Waals surface area contributed by atoms with E-state index in [1.807, 2.05) is 0 Å². The van der Waals surface area contributed by atoms with Gasteiger partial charge in [-0.3, -0.25) is 9.59 Å². The van der Waals surface area contributed by atoms with E-state index in [-0.39, 0.29) is 12.2 Å². The third kappa shape index (κ3) is 3.93. The third-order valence-corrected chi connectivity index (χ3v) is 2.67. The van der Waals surface area contributed by atoms with Crippen LogP contribution in [0.1, 0.15) is 23.8 Å². The van der Waals surface area contributed by atoms with Gasteiger partial charge in [-0.1, -0.05) is 5.16 Å². The predicted octanol–water partition coefficient (Wildman–Crippen LogP) is 0.890. The summed E-state index contributed by atoms with van der Waals surface area (Å²) in [6, 6.07) is 4.71. The van der Waals surface area contributed by atoms with Crippen LogP contribution in [0.3, 0.4) is 0 Å². The molecule has 1 amide bonds. The van der Waals surface area contributed by atoms with Crippen molar-refractivity contribution in [1.29, 1.82) is 0 Å². The van der Waals surface area contributed by atoms with Crippen molar-refractivity contribution in [3.05, 3.63) is 30.2 Å². The standard InChI is InChI=1S/C13H14N2O6/c1-13(19,6-11(16)17)7-14-12(18)8-5-10(21-15-8)9-3-2-4-20-9/h2-5,19H,6-7H2,1H3,(H,14,18)(H,16,17). The second kappa shape index (κ2) is 5.80. The highest BCUT2D eigenvalue weighted by atomic mass is 16.5. The average molecular weight is 294 g/mol. The van der Waals surface area contributed by atoms with Gasteiger partial charge in [-0.25, -0.2) is 0 Å². The fourth-order valence-corrected chi connectivity index (χ4v) is 1.67. The molecular formula is C13H14N2O6. The van der Waals surface area contributed by atoms with Crippen molar-refractivity contribution >= 4 is 11.9 Å². The Labute approximate surface area is 119 Å². The lowest BCUT2D eigenvalue weighted by molar-refractivity contribution is -0.141. The van der Waals surface area contributed by atoms with Crippen molar-refractivity contribution in [3.8, 4) is 11.5 Å². The molecule has 2 aromatic heterocycles. The van der Waals surface area contributed by atoms with Gasteiger partial charge in [-0.05, 0) is 19.1 Å². The number of carboxylic acids is 1. The fraction of sp³-hybridized carbons (Fsp3) is 0.308. The smallest absolute Gasteiger partial charge is 0.306 e. The Kier molecular flexibility index (Phi) is 4.08. The SMILES string of the molecule is CC(O)(CNC(=O)c1cc(-c2ccco2)on1)CC(=O)O. The van der Waals surface area contributed by atoms with E-state index in [1.165, 1.54) is 19.3 Å². The Morgan fingerprint density at radius 2 is 2.19 bits per heavy atom. The number of furan rings is 1. The number of carboxylic acid groups (broad SMARTS) is 1. The summed E-state index contributed by atoms with van der Waals surface area (Å²) in [5.41, 5.74) is -1.54. The molecular weight excluding hydrogens is 280 g/mol. The molecule has 1 atom stereocenters. The van der Waals surface area contributed by atoms with Crippen LogP contribution in [0.2, 0.25) is 0 Å². The van der Waals surface area contributed by atoms with E-state index in [0.717, 1.165) is 0 Å². The maximum atomic E-state index is 11.8. The molecule has 0 aliphatic carbocycles. The second-order valence-electron chi connectivity index (χ2n) is 4.80. The number of aromatic nitrogens is 1. The molecule has 0 fully saturated rings. The molecule has 0 aromatic carbocycles. The van der Waals surface area contributed by atoms with Gasteiger partial charge in [0, 0.05) is 12.6 Å². The number of nitrogens with one attached hydrogen (secondary N) is 1. The molecule has 0 aliphatic heterocycles. The average Bonchev–Trinajstić information content (AvgIpc) is 3.04. The minimum absolute atomic E-state index is 0.00697. The molecule has 2 rings (SSSR count). The zero-order chi connectivity index (χ0) is 15.5. The number of carbonyl (C=O) groups excluding carboxylic acids is 1. The van der Waals surface area contributed by atoms with E-state index in [2.05, 4.69) is 10.5 Å². The van der Waals surface area contributed by atoms with Crippen LogP contribution in [0.15, 0.2) is 33.4 Å². The highest BCUT2D eigenvalue weighted by Crippen LogP contribution is 2.20. The first kappa shape index (κ1) is 14.8. The van der Waals surface area contributed by atoms with Crippen LogP contribution in [0.25, 0.3) is 11.5 Å². The summed E-state index contributed by atoms with van der Waals surface area (Å²) < 4.78 is 10.1. The third-order valence-electron chi connectivity index (χ3n) is 2.67. The van der Waals surface area contributed by atoms with E-state index < -0.39 is 23.9 Å². The van der Waals surface area contributed by atoms with Crippen molar-refractivity contribution in [2.24, 2.45) is 0 Å². The summed E-state index contributed by atoms with van der Waals surface area (Å²) in [4.78, 5) is 22.4. The van der Waals surface area contributed by atoms with Crippen molar-refractivity contribution in [3.63, 3.8) is 0 Å². The number of nitrogens with zero attached hydrogens (tertiary/aromatic N) is 1. The highest BCUT2D eigenvalue weighted by molar-refractivity contribution is 5.93. The summed E-state index contributed by atoms with van der Waals surface area (Å²) in [5.74, 6) is -1.01. The first-order valence-corrected chi connectivity index (χ1v) is 6.10. The fourth-order valence-electron chi connectivity index (χ4n) is 1.67. The minimum atomic E-state index is -1.55. The molecule has 0 spiro atoms. The Morgan fingerprint density at radius 3 is 2.81 bits per heavy atom. The molecule has 21 heavy (non-hydrogen) atoms.